The minimum atomic E-state index is -0.457. The van der Waals surface area contributed by atoms with E-state index in [0.717, 1.165) is 0 Å². The number of anilines is 1. The van der Waals surface area contributed by atoms with Gasteiger partial charge in [0.05, 0.1) is 27.0 Å². The van der Waals surface area contributed by atoms with Crippen LogP contribution in [0.3, 0.4) is 0 Å². The standard InChI is InChI=1S/C15H14Cl2N6O/c16-9-5-3-6-10(17)12(9)22-13(24)8-4-1-2-7-11(8)21-15(20)23-14(18)19/h1-7H,(H,22,24)(H6,18,19,20,21,23). The molecular formula is C15H14Cl2N6O. The highest BCUT2D eigenvalue weighted by atomic mass is 35.5. The van der Waals surface area contributed by atoms with Crippen LogP contribution < -0.4 is 22.5 Å². The summed E-state index contributed by atoms with van der Waals surface area (Å²) in [6.45, 7) is 0. The van der Waals surface area contributed by atoms with E-state index in [-0.39, 0.29) is 17.5 Å². The summed E-state index contributed by atoms with van der Waals surface area (Å²) in [5.41, 5.74) is 16.9. The van der Waals surface area contributed by atoms with Gasteiger partial charge in [-0.3, -0.25) is 4.79 Å². The molecule has 0 radical (unpaired) electrons. The molecular weight excluding hydrogens is 351 g/mol. The predicted octanol–water partition coefficient (Wildman–Crippen LogP) is 2.47. The second-order valence-corrected chi connectivity index (χ2v) is 5.39. The summed E-state index contributed by atoms with van der Waals surface area (Å²) in [6, 6.07) is 11.4. The molecule has 0 unspecified atom stereocenters. The van der Waals surface area contributed by atoms with E-state index in [2.05, 4.69) is 15.3 Å². The number of benzene rings is 2. The van der Waals surface area contributed by atoms with E-state index in [0.29, 0.717) is 21.4 Å². The fraction of sp³-hybridized carbons (Fsp3) is 0. The second kappa shape index (κ2) is 7.67. The third-order valence-electron chi connectivity index (χ3n) is 2.83. The van der Waals surface area contributed by atoms with Crippen LogP contribution in [0.5, 0.6) is 0 Å². The van der Waals surface area contributed by atoms with E-state index in [1.165, 1.54) is 0 Å². The first kappa shape index (κ1) is 17.6. The van der Waals surface area contributed by atoms with Gasteiger partial charge in [-0.2, -0.15) is 4.99 Å². The molecule has 9 heteroatoms. The molecule has 0 aliphatic rings. The monoisotopic (exact) mass is 364 g/mol. The summed E-state index contributed by atoms with van der Waals surface area (Å²) in [5.74, 6) is -0.867. The first-order valence-corrected chi connectivity index (χ1v) is 7.42. The lowest BCUT2D eigenvalue weighted by Gasteiger charge is -2.10. The minimum Gasteiger partial charge on any atom is -0.370 e. The zero-order chi connectivity index (χ0) is 17.7. The van der Waals surface area contributed by atoms with Crippen molar-refractivity contribution in [1.82, 2.24) is 0 Å². The SMILES string of the molecule is NC(N)=NC(N)=Nc1ccccc1C(=O)Nc1c(Cl)cccc1Cl. The highest BCUT2D eigenvalue weighted by Gasteiger charge is 2.14. The number of aliphatic imine (C=N–C) groups is 2. The van der Waals surface area contributed by atoms with Gasteiger partial charge in [0.25, 0.3) is 5.91 Å². The molecule has 0 heterocycles. The molecule has 124 valence electrons. The van der Waals surface area contributed by atoms with Crippen LogP contribution in [0, 0.1) is 0 Å². The number of amides is 1. The highest BCUT2D eigenvalue weighted by molar-refractivity contribution is 6.40. The van der Waals surface area contributed by atoms with Gasteiger partial charge in [-0.05, 0) is 24.3 Å². The molecule has 2 aromatic carbocycles. The van der Waals surface area contributed by atoms with Gasteiger partial charge in [-0.25, -0.2) is 4.99 Å². The van der Waals surface area contributed by atoms with Crippen LogP contribution >= 0.6 is 23.2 Å². The van der Waals surface area contributed by atoms with E-state index < -0.39 is 5.91 Å². The number of halogens is 2. The Hall–Kier alpha value is -2.77. The van der Waals surface area contributed by atoms with E-state index in [9.17, 15) is 4.79 Å². The number of carbonyl (C=O) groups is 1. The molecule has 0 saturated carbocycles. The van der Waals surface area contributed by atoms with Gasteiger partial charge < -0.3 is 22.5 Å². The van der Waals surface area contributed by atoms with Gasteiger partial charge in [0.2, 0.25) is 5.96 Å². The molecule has 7 nitrogen and oxygen atoms in total. The molecule has 7 N–H and O–H groups in total. The molecule has 24 heavy (non-hydrogen) atoms. The van der Waals surface area contributed by atoms with Crippen molar-refractivity contribution in [3.63, 3.8) is 0 Å². The molecule has 0 aliphatic carbocycles. The van der Waals surface area contributed by atoms with E-state index >= 15 is 0 Å². The molecule has 0 fully saturated rings. The van der Waals surface area contributed by atoms with Crippen LogP contribution in [-0.2, 0) is 0 Å². The Morgan fingerprint density at radius 3 is 2.21 bits per heavy atom. The Balaban J connectivity index is 2.36. The summed E-state index contributed by atoms with van der Waals surface area (Å²) in [6.07, 6.45) is 0. The van der Waals surface area contributed by atoms with Crippen molar-refractivity contribution in [3.05, 3.63) is 58.1 Å². The first-order valence-electron chi connectivity index (χ1n) is 6.66. The molecule has 0 aliphatic heterocycles. The fourth-order valence-corrected chi connectivity index (χ4v) is 2.33. The van der Waals surface area contributed by atoms with Crippen LogP contribution in [0.25, 0.3) is 0 Å². The molecule has 0 atom stereocenters. The van der Waals surface area contributed by atoms with Crippen molar-refractivity contribution in [2.75, 3.05) is 5.32 Å². The number of carbonyl (C=O) groups excluding carboxylic acids is 1. The Morgan fingerprint density at radius 2 is 1.58 bits per heavy atom. The average Bonchev–Trinajstić information content (AvgIpc) is 2.50. The Bertz CT molecular complexity index is 810. The topological polar surface area (TPSA) is 132 Å². The van der Waals surface area contributed by atoms with Gasteiger partial charge in [-0.15, -0.1) is 0 Å². The number of nitrogens with zero attached hydrogens (tertiary/aromatic N) is 2. The van der Waals surface area contributed by atoms with Gasteiger partial charge in [0, 0.05) is 0 Å². The first-order chi connectivity index (χ1) is 11.4. The van der Waals surface area contributed by atoms with E-state index in [1.807, 2.05) is 0 Å². The van der Waals surface area contributed by atoms with Crippen molar-refractivity contribution in [2.45, 2.75) is 0 Å². The lowest BCUT2D eigenvalue weighted by molar-refractivity contribution is 0.102. The summed E-state index contributed by atoms with van der Waals surface area (Å²) in [4.78, 5) is 20.2. The Labute approximate surface area is 148 Å². The quantitative estimate of drug-likeness (QED) is 0.491. The van der Waals surface area contributed by atoms with Gasteiger partial charge in [0.1, 0.15) is 0 Å². The number of nitrogens with two attached hydrogens (primary N) is 3. The van der Waals surface area contributed by atoms with Crippen LogP contribution in [-0.4, -0.2) is 17.8 Å². The van der Waals surface area contributed by atoms with Crippen molar-refractivity contribution >= 4 is 52.4 Å². The lowest BCUT2D eigenvalue weighted by Crippen LogP contribution is -2.26. The molecule has 0 saturated heterocycles. The Kier molecular flexibility index (Phi) is 5.62. The number of hydrogen-bond donors (Lipinski definition) is 4. The summed E-state index contributed by atoms with van der Waals surface area (Å²) in [7, 11) is 0. The molecule has 2 aromatic rings. The highest BCUT2D eigenvalue weighted by Crippen LogP contribution is 2.31. The van der Waals surface area contributed by atoms with Crippen LogP contribution in [0.4, 0.5) is 11.4 Å². The third-order valence-corrected chi connectivity index (χ3v) is 3.46. The summed E-state index contributed by atoms with van der Waals surface area (Å²) < 4.78 is 0. The zero-order valence-corrected chi connectivity index (χ0v) is 13.8. The second-order valence-electron chi connectivity index (χ2n) is 4.57. The van der Waals surface area contributed by atoms with Crippen LogP contribution in [0.1, 0.15) is 10.4 Å². The third kappa shape index (κ3) is 4.37. The Morgan fingerprint density at radius 1 is 0.958 bits per heavy atom. The maximum Gasteiger partial charge on any atom is 0.257 e. The van der Waals surface area contributed by atoms with E-state index in [1.54, 1.807) is 42.5 Å². The van der Waals surface area contributed by atoms with Crippen molar-refractivity contribution in [2.24, 2.45) is 27.2 Å². The predicted molar refractivity (Wildman–Crippen MR) is 97.9 cm³/mol. The summed E-state index contributed by atoms with van der Waals surface area (Å²) >= 11 is 12.1. The molecule has 0 aromatic heterocycles. The van der Waals surface area contributed by atoms with Crippen molar-refractivity contribution < 1.29 is 4.79 Å². The smallest absolute Gasteiger partial charge is 0.257 e. The maximum atomic E-state index is 12.5. The average molecular weight is 365 g/mol. The molecule has 0 bridgehead atoms. The maximum absolute atomic E-state index is 12.5. The minimum absolute atomic E-state index is 0.175. The number of guanidine groups is 2. The van der Waals surface area contributed by atoms with Gasteiger partial charge in [0.15, 0.2) is 5.96 Å². The molecule has 2 rings (SSSR count). The van der Waals surface area contributed by atoms with Crippen LogP contribution in [0.2, 0.25) is 10.0 Å². The number of nitrogens with one attached hydrogen (secondary N) is 1. The van der Waals surface area contributed by atoms with Crippen LogP contribution in [0.15, 0.2) is 52.4 Å². The largest absolute Gasteiger partial charge is 0.370 e. The van der Waals surface area contributed by atoms with Gasteiger partial charge >= 0.3 is 0 Å². The van der Waals surface area contributed by atoms with Crippen molar-refractivity contribution in [1.29, 1.82) is 0 Å². The molecule has 0 spiro atoms. The normalized spacial score (nSPS) is 11.0. The number of rotatable bonds is 3. The summed E-state index contributed by atoms with van der Waals surface area (Å²) in [5, 5.41) is 3.28. The lowest BCUT2D eigenvalue weighted by atomic mass is 10.1. The number of hydrogen-bond acceptors (Lipinski definition) is 2. The fourth-order valence-electron chi connectivity index (χ4n) is 1.84. The molecule has 1 amide bonds. The zero-order valence-electron chi connectivity index (χ0n) is 12.3. The van der Waals surface area contributed by atoms with E-state index in [4.69, 9.17) is 40.4 Å². The number of para-hydroxylation sites is 2. The van der Waals surface area contributed by atoms with Gasteiger partial charge in [-0.1, -0.05) is 41.4 Å². The van der Waals surface area contributed by atoms with Crippen molar-refractivity contribution in [3.8, 4) is 0 Å².